The van der Waals surface area contributed by atoms with E-state index in [1.807, 2.05) is 24.3 Å². The Balaban J connectivity index is 2.21. The summed E-state index contributed by atoms with van der Waals surface area (Å²) in [6.45, 7) is 8.54. The van der Waals surface area contributed by atoms with Gasteiger partial charge in [-0.05, 0) is 24.5 Å². The highest BCUT2D eigenvalue weighted by molar-refractivity contribution is 5.53. The van der Waals surface area contributed by atoms with E-state index >= 15 is 0 Å². The fourth-order valence-corrected chi connectivity index (χ4v) is 1.61. The Morgan fingerprint density at radius 1 is 1.12 bits per heavy atom. The van der Waals surface area contributed by atoms with Crippen molar-refractivity contribution in [3.8, 4) is 11.5 Å². The van der Waals surface area contributed by atoms with Crippen LogP contribution in [0.5, 0.6) is 0 Å². The summed E-state index contributed by atoms with van der Waals surface area (Å²) in [5.41, 5.74) is 2.38. The molecule has 0 aliphatic heterocycles. The summed E-state index contributed by atoms with van der Waals surface area (Å²) in [6, 6.07) is 8.10. The molecule has 0 saturated carbocycles. The molecule has 0 aliphatic carbocycles. The van der Waals surface area contributed by atoms with Crippen LogP contribution < -0.4 is 0 Å². The molecule has 2 rings (SSSR count). The number of rotatable bonds is 2. The zero-order valence-corrected chi connectivity index (χ0v) is 10.8. The van der Waals surface area contributed by atoms with Crippen LogP contribution in [0.3, 0.4) is 0 Å². The van der Waals surface area contributed by atoms with Crippen molar-refractivity contribution in [1.29, 1.82) is 0 Å². The minimum Gasteiger partial charge on any atom is -0.334 e. The Morgan fingerprint density at radius 3 is 2.35 bits per heavy atom. The fraction of sp³-hybridized carbons (Fsp3) is 0.429. The smallest absolute Gasteiger partial charge is 0.257 e. The summed E-state index contributed by atoms with van der Waals surface area (Å²) in [6.07, 6.45) is 0.822. The second-order valence-corrected chi connectivity index (χ2v) is 5.62. The molecule has 90 valence electrons. The average Bonchev–Trinajstić information content (AvgIpc) is 2.64. The third kappa shape index (κ3) is 3.16. The normalized spacial score (nSPS) is 11.8. The van der Waals surface area contributed by atoms with Crippen molar-refractivity contribution < 1.29 is 4.52 Å². The van der Waals surface area contributed by atoms with Gasteiger partial charge in [0.2, 0.25) is 0 Å². The first-order valence-corrected chi connectivity index (χ1v) is 5.84. The van der Waals surface area contributed by atoms with Crippen molar-refractivity contribution >= 4 is 0 Å². The lowest BCUT2D eigenvalue weighted by Gasteiger charge is -2.14. The molecule has 0 fully saturated rings. The Labute approximate surface area is 102 Å². The number of hydrogen-bond acceptors (Lipinski definition) is 3. The molecule has 0 amide bonds. The van der Waals surface area contributed by atoms with Gasteiger partial charge in [0.25, 0.3) is 5.89 Å². The van der Waals surface area contributed by atoms with Gasteiger partial charge in [0, 0.05) is 12.0 Å². The largest absolute Gasteiger partial charge is 0.334 e. The van der Waals surface area contributed by atoms with Gasteiger partial charge in [0.05, 0.1) is 0 Å². The first kappa shape index (κ1) is 11.8. The van der Waals surface area contributed by atoms with Crippen molar-refractivity contribution in [2.24, 2.45) is 5.41 Å². The van der Waals surface area contributed by atoms with Gasteiger partial charge >= 0.3 is 0 Å². The van der Waals surface area contributed by atoms with Gasteiger partial charge in [-0.1, -0.05) is 43.6 Å². The van der Waals surface area contributed by atoms with E-state index in [-0.39, 0.29) is 5.41 Å². The molecular formula is C14H18N2O. The Hall–Kier alpha value is -1.64. The van der Waals surface area contributed by atoms with E-state index in [1.54, 1.807) is 0 Å². The minimum atomic E-state index is 0.175. The maximum Gasteiger partial charge on any atom is 0.257 e. The van der Waals surface area contributed by atoms with Gasteiger partial charge in [-0.15, -0.1) is 0 Å². The standard InChI is InChI=1S/C14H18N2O/c1-10-5-7-11(8-6-10)13-15-12(16-17-13)9-14(2,3)4/h5-8H,9H2,1-4H3. The lowest BCUT2D eigenvalue weighted by atomic mass is 9.92. The first-order valence-electron chi connectivity index (χ1n) is 5.84. The van der Waals surface area contributed by atoms with E-state index in [4.69, 9.17) is 4.52 Å². The molecule has 0 saturated heterocycles. The monoisotopic (exact) mass is 230 g/mol. The summed E-state index contributed by atoms with van der Waals surface area (Å²) >= 11 is 0. The lowest BCUT2D eigenvalue weighted by Crippen LogP contribution is -2.10. The minimum absolute atomic E-state index is 0.175. The van der Waals surface area contributed by atoms with E-state index in [0.717, 1.165) is 17.8 Å². The lowest BCUT2D eigenvalue weighted by molar-refractivity contribution is 0.374. The van der Waals surface area contributed by atoms with E-state index in [2.05, 4.69) is 37.8 Å². The van der Waals surface area contributed by atoms with Gasteiger partial charge in [0.15, 0.2) is 5.82 Å². The van der Waals surface area contributed by atoms with Crippen LogP contribution in [0.15, 0.2) is 28.8 Å². The molecule has 0 atom stereocenters. The van der Waals surface area contributed by atoms with Gasteiger partial charge in [-0.2, -0.15) is 4.98 Å². The summed E-state index contributed by atoms with van der Waals surface area (Å²) in [4.78, 5) is 4.42. The van der Waals surface area contributed by atoms with Crippen LogP contribution in [0.25, 0.3) is 11.5 Å². The highest BCUT2D eigenvalue weighted by Gasteiger charge is 2.16. The second kappa shape index (κ2) is 4.32. The van der Waals surface area contributed by atoms with Crippen molar-refractivity contribution in [1.82, 2.24) is 10.1 Å². The van der Waals surface area contributed by atoms with E-state index in [1.165, 1.54) is 5.56 Å². The molecule has 1 aromatic heterocycles. The van der Waals surface area contributed by atoms with E-state index in [9.17, 15) is 0 Å². The van der Waals surface area contributed by atoms with Crippen LogP contribution >= 0.6 is 0 Å². The Morgan fingerprint density at radius 2 is 1.76 bits per heavy atom. The number of aromatic nitrogens is 2. The van der Waals surface area contributed by atoms with Crippen LogP contribution in [0.4, 0.5) is 0 Å². The van der Waals surface area contributed by atoms with E-state index < -0.39 is 0 Å². The van der Waals surface area contributed by atoms with Crippen molar-refractivity contribution in [3.05, 3.63) is 35.7 Å². The number of hydrogen-bond donors (Lipinski definition) is 0. The Bertz CT molecular complexity index is 492. The van der Waals surface area contributed by atoms with Gasteiger partial charge in [-0.3, -0.25) is 0 Å². The third-order valence-electron chi connectivity index (χ3n) is 2.46. The average molecular weight is 230 g/mol. The summed E-state index contributed by atoms with van der Waals surface area (Å²) in [5, 5.41) is 4.01. The second-order valence-electron chi connectivity index (χ2n) is 5.62. The molecule has 1 heterocycles. The summed E-state index contributed by atoms with van der Waals surface area (Å²) in [5.74, 6) is 1.37. The molecular weight excluding hydrogens is 212 g/mol. The molecule has 0 unspecified atom stereocenters. The summed E-state index contributed by atoms with van der Waals surface area (Å²) < 4.78 is 5.28. The fourth-order valence-electron chi connectivity index (χ4n) is 1.61. The third-order valence-corrected chi connectivity index (χ3v) is 2.46. The molecule has 0 radical (unpaired) electrons. The topological polar surface area (TPSA) is 38.9 Å². The Kier molecular flexibility index (Phi) is 3.01. The predicted molar refractivity (Wildman–Crippen MR) is 67.6 cm³/mol. The molecule has 3 heteroatoms. The maximum absolute atomic E-state index is 5.28. The zero-order chi connectivity index (χ0) is 12.5. The van der Waals surface area contributed by atoms with Crippen LogP contribution in [0.1, 0.15) is 32.2 Å². The van der Waals surface area contributed by atoms with Crippen LogP contribution in [-0.2, 0) is 6.42 Å². The van der Waals surface area contributed by atoms with Crippen LogP contribution in [0.2, 0.25) is 0 Å². The quantitative estimate of drug-likeness (QED) is 0.790. The van der Waals surface area contributed by atoms with Crippen molar-refractivity contribution in [2.45, 2.75) is 34.1 Å². The number of nitrogens with zero attached hydrogens (tertiary/aromatic N) is 2. The predicted octanol–water partition coefficient (Wildman–Crippen LogP) is 3.63. The molecule has 0 bridgehead atoms. The van der Waals surface area contributed by atoms with Crippen LogP contribution in [0, 0.1) is 12.3 Å². The highest BCUT2D eigenvalue weighted by atomic mass is 16.5. The highest BCUT2D eigenvalue weighted by Crippen LogP contribution is 2.22. The molecule has 3 nitrogen and oxygen atoms in total. The van der Waals surface area contributed by atoms with E-state index in [0.29, 0.717) is 5.89 Å². The summed E-state index contributed by atoms with van der Waals surface area (Å²) in [7, 11) is 0. The molecule has 2 aromatic rings. The number of benzene rings is 1. The van der Waals surface area contributed by atoms with Crippen molar-refractivity contribution in [2.75, 3.05) is 0 Å². The zero-order valence-electron chi connectivity index (χ0n) is 10.8. The van der Waals surface area contributed by atoms with Gasteiger partial charge in [0.1, 0.15) is 0 Å². The van der Waals surface area contributed by atoms with Crippen LogP contribution in [-0.4, -0.2) is 10.1 Å². The molecule has 0 aliphatic rings. The first-order chi connectivity index (χ1) is 7.94. The van der Waals surface area contributed by atoms with Crippen molar-refractivity contribution in [3.63, 3.8) is 0 Å². The molecule has 1 aromatic carbocycles. The molecule has 0 spiro atoms. The maximum atomic E-state index is 5.28. The van der Waals surface area contributed by atoms with Gasteiger partial charge in [-0.25, -0.2) is 0 Å². The molecule has 0 N–H and O–H groups in total. The molecule has 17 heavy (non-hydrogen) atoms. The number of aryl methyl sites for hydroxylation is 1. The van der Waals surface area contributed by atoms with Gasteiger partial charge < -0.3 is 4.52 Å². The SMILES string of the molecule is Cc1ccc(-c2nc(CC(C)(C)C)no2)cc1.